The predicted octanol–water partition coefficient (Wildman–Crippen LogP) is 2.46. The molecule has 0 aliphatic carbocycles. The summed E-state index contributed by atoms with van der Waals surface area (Å²) >= 11 is 0. The van der Waals surface area contributed by atoms with Gasteiger partial charge in [0.1, 0.15) is 0 Å². The SMILES string of the molecule is CC(C)c1ccc(CS(=O)(=O)CC(C)(C)N)cc1. The Balaban J connectivity index is 2.79. The van der Waals surface area contributed by atoms with Crippen LogP contribution < -0.4 is 5.73 Å². The lowest BCUT2D eigenvalue weighted by Crippen LogP contribution is -2.40. The van der Waals surface area contributed by atoms with E-state index in [0.717, 1.165) is 5.56 Å². The van der Waals surface area contributed by atoms with Crippen LogP contribution in [0, 0.1) is 0 Å². The zero-order valence-corrected chi connectivity index (χ0v) is 12.4. The number of hydrogen-bond acceptors (Lipinski definition) is 3. The number of rotatable bonds is 5. The van der Waals surface area contributed by atoms with Crippen molar-refractivity contribution in [3.05, 3.63) is 35.4 Å². The highest BCUT2D eigenvalue weighted by atomic mass is 32.2. The summed E-state index contributed by atoms with van der Waals surface area (Å²) in [7, 11) is -3.15. The molecule has 102 valence electrons. The zero-order chi connectivity index (χ0) is 14.0. The van der Waals surface area contributed by atoms with Gasteiger partial charge in [0.2, 0.25) is 0 Å². The lowest BCUT2D eigenvalue weighted by molar-refractivity contribution is 0.544. The van der Waals surface area contributed by atoms with Crippen LogP contribution in [0.2, 0.25) is 0 Å². The molecule has 3 nitrogen and oxygen atoms in total. The van der Waals surface area contributed by atoms with Crippen LogP contribution in [0.15, 0.2) is 24.3 Å². The third kappa shape index (κ3) is 5.19. The molecular formula is C14H23NO2S. The standard InChI is InChI=1S/C14H23NO2S/c1-11(2)13-7-5-12(6-8-13)9-18(16,17)10-14(3,4)15/h5-8,11H,9-10,15H2,1-4H3. The minimum atomic E-state index is -3.15. The van der Waals surface area contributed by atoms with Crippen LogP contribution in [0.1, 0.15) is 44.7 Å². The Kier molecular flexibility index (Phi) is 4.56. The first-order chi connectivity index (χ1) is 8.09. The van der Waals surface area contributed by atoms with Crippen molar-refractivity contribution < 1.29 is 8.42 Å². The molecular weight excluding hydrogens is 246 g/mol. The van der Waals surface area contributed by atoms with Crippen molar-refractivity contribution in [1.82, 2.24) is 0 Å². The van der Waals surface area contributed by atoms with Gasteiger partial charge < -0.3 is 5.73 Å². The van der Waals surface area contributed by atoms with Gasteiger partial charge >= 0.3 is 0 Å². The van der Waals surface area contributed by atoms with Crippen LogP contribution in [-0.2, 0) is 15.6 Å². The van der Waals surface area contributed by atoms with Crippen LogP contribution in [0.3, 0.4) is 0 Å². The van der Waals surface area contributed by atoms with E-state index in [0.29, 0.717) is 5.92 Å². The Morgan fingerprint density at radius 1 is 1.17 bits per heavy atom. The van der Waals surface area contributed by atoms with E-state index in [9.17, 15) is 8.42 Å². The van der Waals surface area contributed by atoms with Gasteiger partial charge in [0, 0.05) is 5.54 Å². The quantitative estimate of drug-likeness (QED) is 0.893. The highest BCUT2D eigenvalue weighted by molar-refractivity contribution is 7.90. The number of nitrogens with two attached hydrogens (primary N) is 1. The molecule has 0 aliphatic heterocycles. The van der Waals surface area contributed by atoms with Gasteiger partial charge in [-0.05, 0) is 30.9 Å². The van der Waals surface area contributed by atoms with Gasteiger partial charge in [0.25, 0.3) is 0 Å². The van der Waals surface area contributed by atoms with E-state index in [-0.39, 0.29) is 11.5 Å². The highest BCUT2D eigenvalue weighted by Gasteiger charge is 2.22. The van der Waals surface area contributed by atoms with Crippen molar-refractivity contribution in [1.29, 1.82) is 0 Å². The number of hydrogen-bond donors (Lipinski definition) is 1. The van der Waals surface area contributed by atoms with Crippen LogP contribution >= 0.6 is 0 Å². The topological polar surface area (TPSA) is 60.2 Å². The maximum atomic E-state index is 12.0. The lowest BCUT2D eigenvalue weighted by Gasteiger charge is -2.18. The number of sulfone groups is 1. The molecule has 0 saturated heterocycles. The maximum Gasteiger partial charge on any atom is 0.156 e. The van der Waals surface area contributed by atoms with Crippen molar-refractivity contribution in [3.8, 4) is 0 Å². The molecule has 0 fully saturated rings. The zero-order valence-electron chi connectivity index (χ0n) is 11.6. The van der Waals surface area contributed by atoms with Crippen molar-refractivity contribution in [2.75, 3.05) is 5.75 Å². The Bertz CT molecular complexity index is 482. The highest BCUT2D eigenvalue weighted by Crippen LogP contribution is 2.17. The fourth-order valence-electron chi connectivity index (χ4n) is 1.87. The fraction of sp³-hybridized carbons (Fsp3) is 0.571. The first kappa shape index (κ1) is 15.2. The van der Waals surface area contributed by atoms with Crippen LogP contribution in [-0.4, -0.2) is 19.7 Å². The lowest BCUT2D eigenvalue weighted by atomic mass is 10.0. The summed E-state index contributed by atoms with van der Waals surface area (Å²) in [6, 6.07) is 7.75. The largest absolute Gasteiger partial charge is 0.325 e. The molecule has 0 aromatic heterocycles. The molecule has 0 bridgehead atoms. The van der Waals surface area contributed by atoms with Gasteiger partial charge in [-0.1, -0.05) is 38.1 Å². The molecule has 2 N–H and O–H groups in total. The molecule has 0 spiro atoms. The van der Waals surface area contributed by atoms with Crippen molar-refractivity contribution >= 4 is 9.84 Å². The molecule has 0 atom stereocenters. The van der Waals surface area contributed by atoms with Crippen LogP contribution in [0.5, 0.6) is 0 Å². The minimum Gasteiger partial charge on any atom is -0.325 e. The molecule has 0 amide bonds. The third-order valence-corrected chi connectivity index (χ3v) is 4.58. The van der Waals surface area contributed by atoms with Crippen molar-refractivity contribution in [2.45, 2.75) is 44.9 Å². The molecule has 0 heterocycles. The Morgan fingerprint density at radius 2 is 1.67 bits per heavy atom. The second kappa shape index (κ2) is 5.41. The van der Waals surface area contributed by atoms with Crippen molar-refractivity contribution in [3.63, 3.8) is 0 Å². The predicted molar refractivity (Wildman–Crippen MR) is 76.3 cm³/mol. The van der Waals surface area contributed by atoms with E-state index in [4.69, 9.17) is 5.73 Å². The summed E-state index contributed by atoms with van der Waals surface area (Å²) in [5, 5.41) is 0. The molecule has 18 heavy (non-hydrogen) atoms. The first-order valence-corrected chi connectivity index (χ1v) is 7.99. The average Bonchev–Trinajstić information content (AvgIpc) is 2.13. The monoisotopic (exact) mass is 269 g/mol. The van der Waals surface area contributed by atoms with Gasteiger partial charge in [-0.2, -0.15) is 0 Å². The van der Waals surface area contributed by atoms with E-state index in [1.165, 1.54) is 5.56 Å². The normalized spacial score (nSPS) is 13.0. The van der Waals surface area contributed by atoms with Gasteiger partial charge in [-0.3, -0.25) is 0 Å². The maximum absolute atomic E-state index is 12.0. The molecule has 1 aromatic carbocycles. The molecule has 0 aliphatic rings. The summed E-state index contributed by atoms with van der Waals surface area (Å²) in [5.41, 5.74) is 7.12. The van der Waals surface area contributed by atoms with E-state index in [1.807, 2.05) is 24.3 Å². The number of benzene rings is 1. The molecule has 1 rings (SSSR count). The van der Waals surface area contributed by atoms with Gasteiger partial charge in [-0.15, -0.1) is 0 Å². The average molecular weight is 269 g/mol. The van der Waals surface area contributed by atoms with Crippen molar-refractivity contribution in [2.24, 2.45) is 5.73 Å². The Labute approximate surface area is 110 Å². The van der Waals surface area contributed by atoms with Gasteiger partial charge in [0.05, 0.1) is 11.5 Å². The van der Waals surface area contributed by atoms with E-state index < -0.39 is 15.4 Å². The molecule has 0 saturated carbocycles. The minimum absolute atomic E-state index is 0.00588. The Hall–Kier alpha value is -0.870. The summed E-state index contributed by atoms with van der Waals surface area (Å²) < 4.78 is 23.9. The third-order valence-electron chi connectivity index (χ3n) is 2.62. The molecule has 4 heteroatoms. The summed E-state index contributed by atoms with van der Waals surface area (Å²) in [6.45, 7) is 7.68. The van der Waals surface area contributed by atoms with E-state index in [2.05, 4.69) is 13.8 Å². The molecule has 1 aromatic rings. The summed E-state index contributed by atoms with van der Waals surface area (Å²) in [6.07, 6.45) is 0. The smallest absolute Gasteiger partial charge is 0.156 e. The van der Waals surface area contributed by atoms with Gasteiger partial charge in [-0.25, -0.2) is 8.42 Å². The second-order valence-electron chi connectivity index (χ2n) is 5.92. The summed E-state index contributed by atoms with van der Waals surface area (Å²) in [5.74, 6) is 0.524. The molecule has 0 radical (unpaired) electrons. The van der Waals surface area contributed by atoms with Crippen LogP contribution in [0.4, 0.5) is 0 Å². The fourth-order valence-corrected chi connectivity index (χ4v) is 3.81. The Morgan fingerprint density at radius 3 is 2.06 bits per heavy atom. The first-order valence-electron chi connectivity index (χ1n) is 6.17. The van der Waals surface area contributed by atoms with E-state index >= 15 is 0 Å². The second-order valence-corrected chi connectivity index (χ2v) is 7.98. The molecule has 0 unspecified atom stereocenters. The van der Waals surface area contributed by atoms with Gasteiger partial charge in [0.15, 0.2) is 9.84 Å². The van der Waals surface area contributed by atoms with E-state index in [1.54, 1.807) is 13.8 Å². The summed E-state index contributed by atoms with van der Waals surface area (Å²) in [4.78, 5) is 0. The van der Waals surface area contributed by atoms with Crippen LogP contribution in [0.25, 0.3) is 0 Å².